The zero-order valence-electron chi connectivity index (χ0n) is 5.97. The molecule has 3 heteroatoms. The maximum atomic E-state index is 8.50. The molecule has 0 atom stereocenters. The van der Waals surface area contributed by atoms with Crippen LogP contribution in [0.15, 0.2) is 11.8 Å². The lowest BCUT2D eigenvalue weighted by atomic mass is 10.3. The molecule has 1 aliphatic rings. The predicted octanol–water partition coefficient (Wildman–Crippen LogP) is 0.589. The summed E-state index contributed by atoms with van der Waals surface area (Å²) in [6.07, 6.45) is 3.33. The summed E-state index contributed by atoms with van der Waals surface area (Å²) in [5, 5.41) is 11.7. The molecule has 10 heavy (non-hydrogen) atoms. The molecule has 0 saturated carbocycles. The van der Waals surface area contributed by atoms with Gasteiger partial charge in [-0.25, -0.2) is 0 Å². The second-order valence-corrected chi connectivity index (χ2v) is 3.35. The third-order valence-corrected chi connectivity index (χ3v) is 2.32. The van der Waals surface area contributed by atoms with Gasteiger partial charge in [0.15, 0.2) is 0 Å². The number of hydrogen-bond acceptors (Lipinski definition) is 3. The third-order valence-electron chi connectivity index (χ3n) is 1.43. The summed E-state index contributed by atoms with van der Waals surface area (Å²) in [5.74, 6) is 2.33. The molecule has 58 valence electrons. The highest BCUT2D eigenvalue weighted by Crippen LogP contribution is 2.13. The number of thioether (sulfide) groups is 1. The van der Waals surface area contributed by atoms with Crippen LogP contribution in [-0.4, -0.2) is 29.8 Å². The van der Waals surface area contributed by atoms with Crippen LogP contribution in [0.4, 0.5) is 0 Å². The predicted molar refractivity (Wildman–Crippen MR) is 45.1 cm³/mol. The Kier molecular flexibility index (Phi) is 3.68. The topological polar surface area (TPSA) is 32.3 Å². The molecule has 0 unspecified atom stereocenters. The largest absolute Gasteiger partial charge is 0.395 e. The van der Waals surface area contributed by atoms with Crippen LogP contribution < -0.4 is 5.32 Å². The molecule has 0 aromatic carbocycles. The molecule has 0 radical (unpaired) electrons. The van der Waals surface area contributed by atoms with Crippen molar-refractivity contribution in [1.29, 1.82) is 0 Å². The molecule has 0 aromatic heterocycles. The summed E-state index contributed by atoms with van der Waals surface area (Å²) in [6.45, 7) is 0.918. The van der Waals surface area contributed by atoms with Crippen LogP contribution in [0.1, 0.15) is 6.42 Å². The minimum Gasteiger partial charge on any atom is -0.395 e. The molecular weight excluding hydrogens is 146 g/mol. The number of aliphatic hydroxyl groups excluding tert-OH is 1. The van der Waals surface area contributed by atoms with E-state index < -0.39 is 0 Å². The first-order chi connectivity index (χ1) is 4.93. The monoisotopic (exact) mass is 159 g/mol. The molecule has 0 bridgehead atoms. The second-order valence-electron chi connectivity index (χ2n) is 2.20. The van der Waals surface area contributed by atoms with Crippen LogP contribution >= 0.6 is 11.8 Å². The summed E-state index contributed by atoms with van der Waals surface area (Å²) in [7, 11) is 0. The van der Waals surface area contributed by atoms with Crippen molar-refractivity contribution in [3.8, 4) is 0 Å². The highest BCUT2D eigenvalue weighted by atomic mass is 32.2. The van der Waals surface area contributed by atoms with Crippen LogP contribution in [0.2, 0.25) is 0 Å². The van der Waals surface area contributed by atoms with Crippen molar-refractivity contribution in [2.75, 3.05) is 24.7 Å². The second kappa shape index (κ2) is 4.63. The minimum absolute atomic E-state index is 0.227. The smallest absolute Gasteiger partial charge is 0.0603 e. The Morgan fingerprint density at radius 1 is 1.70 bits per heavy atom. The summed E-state index contributed by atoms with van der Waals surface area (Å²) < 4.78 is 0. The highest BCUT2D eigenvalue weighted by molar-refractivity contribution is 7.99. The normalized spacial score (nSPS) is 18.3. The molecule has 0 fully saturated rings. The fraction of sp³-hybridized carbons (Fsp3) is 0.714. The number of aliphatic hydroxyl groups is 1. The lowest BCUT2D eigenvalue weighted by molar-refractivity contribution is 0.296. The van der Waals surface area contributed by atoms with Crippen molar-refractivity contribution in [2.24, 2.45) is 0 Å². The van der Waals surface area contributed by atoms with Crippen molar-refractivity contribution in [1.82, 2.24) is 5.32 Å². The molecular formula is C7H13NOS. The van der Waals surface area contributed by atoms with E-state index in [1.54, 1.807) is 0 Å². The molecule has 0 aliphatic carbocycles. The van der Waals surface area contributed by atoms with Crippen LogP contribution in [-0.2, 0) is 0 Å². The number of hydrogen-bond donors (Lipinski definition) is 2. The van der Waals surface area contributed by atoms with E-state index in [2.05, 4.69) is 11.4 Å². The van der Waals surface area contributed by atoms with Gasteiger partial charge in [0, 0.05) is 18.0 Å². The highest BCUT2D eigenvalue weighted by Gasteiger charge is 2.00. The van der Waals surface area contributed by atoms with Crippen LogP contribution in [0.5, 0.6) is 0 Å². The Hall–Kier alpha value is -0.150. The van der Waals surface area contributed by atoms with E-state index in [-0.39, 0.29) is 6.61 Å². The van der Waals surface area contributed by atoms with Crippen molar-refractivity contribution >= 4 is 11.8 Å². The molecule has 2 nitrogen and oxygen atoms in total. The zero-order chi connectivity index (χ0) is 7.23. The molecule has 0 spiro atoms. The molecule has 1 rings (SSSR count). The lowest BCUT2D eigenvalue weighted by Gasteiger charge is -2.13. The van der Waals surface area contributed by atoms with Crippen LogP contribution in [0.3, 0.4) is 0 Å². The van der Waals surface area contributed by atoms with E-state index in [0.29, 0.717) is 6.54 Å². The van der Waals surface area contributed by atoms with E-state index in [9.17, 15) is 0 Å². The Morgan fingerprint density at radius 2 is 2.60 bits per heavy atom. The van der Waals surface area contributed by atoms with Crippen molar-refractivity contribution in [3.05, 3.63) is 11.8 Å². The number of rotatable bonds is 3. The molecule has 0 amide bonds. The first-order valence-electron chi connectivity index (χ1n) is 3.55. The fourth-order valence-electron chi connectivity index (χ4n) is 0.904. The molecule has 2 N–H and O–H groups in total. The Bertz CT molecular complexity index is 125. The van der Waals surface area contributed by atoms with Gasteiger partial charge in [-0.2, -0.15) is 11.8 Å². The molecule has 0 saturated heterocycles. The lowest BCUT2D eigenvalue weighted by Crippen LogP contribution is -2.19. The number of allylic oxidation sites excluding steroid dienone is 1. The average molecular weight is 159 g/mol. The van der Waals surface area contributed by atoms with Crippen LogP contribution in [0.25, 0.3) is 0 Å². The van der Waals surface area contributed by atoms with E-state index in [0.717, 1.165) is 12.2 Å². The quantitative estimate of drug-likeness (QED) is 0.632. The van der Waals surface area contributed by atoms with Crippen LogP contribution in [0, 0.1) is 0 Å². The van der Waals surface area contributed by atoms with Crippen molar-refractivity contribution in [3.63, 3.8) is 0 Å². The minimum atomic E-state index is 0.227. The SMILES string of the molecule is OCCNC1=CCSCC1. The van der Waals surface area contributed by atoms with Gasteiger partial charge in [-0.3, -0.25) is 0 Å². The molecule has 0 aromatic rings. The first-order valence-corrected chi connectivity index (χ1v) is 4.70. The van der Waals surface area contributed by atoms with Gasteiger partial charge in [-0.15, -0.1) is 0 Å². The van der Waals surface area contributed by atoms with Gasteiger partial charge < -0.3 is 10.4 Å². The summed E-state index contributed by atoms with van der Waals surface area (Å²) in [6, 6.07) is 0. The summed E-state index contributed by atoms with van der Waals surface area (Å²) >= 11 is 1.95. The average Bonchev–Trinajstić information content (AvgIpc) is 2.03. The molecule has 1 aliphatic heterocycles. The van der Waals surface area contributed by atoms with Gasteiger partial charge in [0.2, 0.25) is 0 Å². The summed E-state index contributed by atoms with van der Waals surface area (Å²) in [4.78, 5) is 0. The van der Waals surface area contributed by atoms with E-state index in [1.807, 2.05) is 11.8 Å². The third kappa shape index (κ3) is 2.62. The van der Waals surface area contributed by atoms with Gasteiger partial charge in [-0.1, -0.05) is 6.08 Å². The molecule has 1 heterocycles. The standard InChI is InChI=1S/C7H13NOS/c9-4-3-8-7-1-5-10-6-2-7/h1,8-9H,2-6H2. The summed E-state index contributed by atoms with van der Waals surface area (Å²) in [5.41, 5.74) is 1.30. The maximum absolute atomic E-state index is 8.50. The van der Waals surface area contributed by atoms with Gasteiger partial charge in [-0.05, 0) is 12.2 Å². The Labute approximate surface area is 65.7 Å². The fourth-order valence-corrected chi connectivity index (χ4v) is 1.75. The maximum Gasteiger partial charge on any atom is 0.0603 e. The first kappa shape index (κ1) is 7.95. The Balaban J connectivity index is 2.18. The van der Waals surface area contributed by atoms with Gasteiger partial charge in [0.25, 0.3) is 0 Å². The van der Waals surface area contributed by atoms with Crippen molar-refractivity contribution in [2.45, 2.75) is 6.42 Å². The van der Waals surface area contributed by atoms with Gasteiger partial charge in [0.05, 0.1) is 6.61 Å². The van der Waals surface area contributed by atoms with Gasteiger partial charge >= 0.3 is 0 Å². The van der Waals surface area contributed by atoms with E-state index in [1.165, 1.54) is 11.4 Å². The van der Waals surface area contributed by atoms with E-state index in [4.69, 9.17) is 5.11 Å². The van der Waals surface area contributed by atoms with Crippen molar-refractivity contribution < 1.29 is 5.11 Å². The Morgan fingerprint density at radius 3 is 3.20 bits per heavy atom. The van der Waals surface area contributed by atoms with E-state index >= 15 is 0 Å². The zero-order valence-corrected chi connectivity index (χ0v) is 6.78. The van der Waals surface area contributed by atoms with Gasteiger partial charge in [0.1, 0.15) is 0 Å². The number of nitrogens with one attached hydrogen (secondary N) is 1.